The standard InChI is InChI=1S/C17H24N2O3S/c20-15(13-7-3-1-4-8-13)11-23-12-16(21)19-17(22)18-14-9-5-2-6-10-14/h1,3-4,7-8,14-15,20H,2,5-6,9-12H2,(H2,18,19,21,22). The van der Waals surface area contributed by atoms with Crippen LogP contribution in [0.25, 0.3) is 0 Å². The van der Waals surface area contributed by atoms with E-state index in [4.69, 9.17) is 0 Å². The van der Waals surface area contributed by atoms with Gasteiger partial charge in [-0.15, -0.1) is 11.8 Å². The van der Waals surface area contributed by atoms with E-state index in [0.717, 1.165) is 31.2 Å². The summed E-state index contributed by atoms with van der Waals surface area (Å²) in [4.78, 5) is 23.5. The molecule has 1 aromatic rings. The zero-order chi connectivity index (χ0) is 16.5. The van der Waals surface area contributed by atoms with Crippen LogP contribution in [-0.2, 0) is 4.79 Å². The van der Waals surface area contributed by atoms with Gasteiger partial charge >= 0.3 is 6.03 Å². The number of benzene rings is 1. The van der Waals surface area contributed by atoms with E-state index in [9.17, 15) is 14.7 Å². The second-order valence-electron chi connectivity index (χ2n) is 5.80. The summed E-state index contributed by atoms with van der Waals surface area (Å²) in [5, 5.41) is 15.2. The van der Waals surface area contributed by atoms with E-state index in [-0.39, 0.29) is 17.7 Å². The number of urea groups is 1. The van der Waals surface area contributed by atoms with Crippen molar-refractivity contribution < 1.29 is 14.7 Å². The molecule has 0 bridgehead atoms. The van der Waals surface area contributed by atoms with Crippen LogP contribution in [0.4, 0.5) is 4.79 Å². The Balaban J connectivity index is 1.61. The molecule has 1 aromatic carbocycles. The minimum Gasteiger partial charge on any atom is -0.388 e. The topological polar surface area (TPSA) is 78.4 Å². The van der Waals surface area contributed by atoms with Crippen molar-refractivity contribution in [3.05, 3.63) is 35.9 Å². The van der Waals surface area contributed by atoms with Crippen molar-refractivity contribution in [2.24, 2.45) is 0 Å². The van der Waals surface area contributed by atoms with Crippen molar-refractivity contribution in [2.75, 3.05) is 11.5 Å². The van der Waals surface area contributed by atoms with Gasteiger partial charge in [-0.25, -0.2) is 4.79 Å². The molecule has 1 aliphatic rings. The van der Waals surface area contributed by atoms with Crippen LogP contribution in [0.15, 0.2) is 30.3 Å². The summed E-state index contributed by atoms with van der Waals surface area (Å²) in [7, 11) is 0. The molecule has 0 saturated heterocycles. The zero-order valence-electron chi connectivity index (χ0n) is 13.2. The summed E-state index contributed by atoms with van der Waals surface area (Å²) in [5.41, 5.74) is 0.829. The molecule has 0 heterocycles. The Morgan fingerprint density at radius 1 is 1.17 bits per heavy atom. The zero-order valence-corrected chi connectivity index (χ0v) is 14.0. The average Bonchev–Trinajstić information content (AvgIpc) is 2.56. The largest absolute Gasteiger partial charge is 0.388 e. The molecular weight excluding hydrogens is 312 g/mol. The SMILES string of the molecule is O=C(CSCC(O)c1ccccc1)NC(=O)NC1CCCCC1. The number of amides is 3. The number of aliphatic hydroxyl groups is 1. The molecule has 126 valence electrons. The van der Waals surface area contributed by atoms with Gasteiger partial charge in [0.1, 0.15) is 0 Å². The molecule has 5 nitrogen and oxygen atoms in total. The van der Waals surface area contributed by atoms with E-state index in [1.54, 1.807) is 0 Å². The molecule has 3 amide bonds. The summed E-state index contributed by atoms with van der Waals surface area (Å²) in [6.45, 7) is 0. The summed E-state index contributed by atoms with van der Waals surface area (Å²) >= 11 is 1.31. The second kappa shape index (κ2) is 9.57. The molecule has 1 atom stereocenters. The Hall–Kier alpha value is -1.53. The quantitative estimate of drug-likeness (QED) is 0.746. The van der Waals surface area contributed by atoms with E-state index in [0.29, 0.717) is 5.75 Å². The predicted molar refractivity (Wildman–Crippen MR) is 92.3 cm³/mol. The number of hydrogen-bond donors (Lipinski definition) is 3. The van der Waals surface area contributed by atoms with Crippen molar-refractivity contribution in [2.45, 2.75) is 44.2 Å². The van der Waals surface area contributed by atoms with Crippen molar-refractivity contribution in [3.8, 4) is 0 Å². The predicted octanol–water partition coefficient (Wildman–Crippen LogP) is 2.61. The lowest BCUT2D eigenvalue weighted by molar-refractivity contribution is -0.117. The smallest absolute Gasteiger partial charge is 0.321 e. The third-order valence-corrected chi connectivity index (χ3v) is 4.90. The summed E-state index contributed by atoms with van der Waals surface area (Å²) < 4.78 is 0. The number of thioether (sulfide) groups is 1. The first-order chi connectivity index (χ1) is 11.1. The van der Waals surface area contributed by atoms with Gasteiger partial charge in [-0.2, -0.15) is 0 Å². The van der Waals surface area contributed by atoms with Gasteiger partial charge in [0, 0.05) is 11.8 Å². The Labute approximate surface area is 141 Å². The van der Waals surface area contributed by atoms with Crippen LogP contribution in [0, 0.1) is 0 Å². The van der Waals surface area contributed by atoms with Crippen molar-refractivity contribution in [3.63, 3.8) is 0 Å². The number of imide groups is 1. The maximum atomic E-state index is 11.7. The molecule has 3 N–H and O–H groups in total. The minimum atomic E-state index is -0.606. The lowest BCUT2D eigenvalue weighted by Gasteiger charge is -2.22. The third-order valence-electron chi connectivity index (χ3n) is 3.89. The van der Waals surface area contributed by atoms with Crippen LogP contribution in [0.3, 0.4) is 0 Å². The van der Waals surface area contributed by atoms with Crippen LogP contribution >= 0.6 is 11.8 Å². The summed E-state index contributed by atoms with van der Waals surface area (Å²) in [6, 6.07) is 9.10. The fourth-order valence-electron chi connectivity index (χ4n) is 2.67. The number of hydrogen-bond acceptors (Lipinski definition) is 4. The van der Waals surface area contributed by atoms with E-state index in [1.807, 2.05) is 30.3 Å². The van der Waals surface area contributed by atoms with Crippen LogP contribution in [0.1, 0.15) is 43.8 Å². The number of carbonyl (C=O) groups is 2. The first kappa shape index (κ1) is 17.8. The highest BCUT2D eigenvalue weighted by Crippen LogP contribution is 2.18. The maximum Gasteiger partial charge on any atom is 0.321 e. The van der Waals surface area contributed by atoms with Gasteiger partial charge < -0.3 is 10.4 Å². The van der Waals surface area contributed by atoms with E-state index in [2.05, 4.69) is 10.6 Å². The molecule has 2 rings (SSSR count). The summed E-state index contributed by atoms with van der Waals surface area (Å²) in [5.74, 6) is 0.243. The maximum absolute atomic E-state index is 11.7. The average molecular weight is 336 g/mol. The molecule has 0 spiro atoms. The van der Waals surface area contributed by atoms with Crippen LogP contribution in [-0.4, -0.2) is 34.6 Å². The number of rotatable bonds is 6. The van der Waals surface area contributed by atoms with E-state index < -0.39 is 12.1 Å². The Morgan fingerprint density at radius 2 is 1.87 bits per heavy atom. The first-order valence-electron chi connectivity index (χ1n) is 8.06. The lowest BCUT2D eigenvalue weighted by Crippen LogP contribution is -2.45. The highest BCUT2D eigenvalue weighted by atomic mass is 32.2. The minimum absolute atomic E-state index is 0.155. The van der Waals surface area contributed by atoms with Crippen molar-refractivity contribution in [1.29, 1.82) is 0 Å². The molecule has 0 radical (unpaired) electrons. The highest BCUT2D eigenvalue weighted by molar-refractivity contribution is 7.99. The molecule has 6 heteroatoms. The lowest BCUT2D eigenvalue weighted by atomic mass is 9.96. The van der Waals surface area contributed by atoms with Crippen LogP contribution < -0.4 is 10.6 Å². The van der Waals surface area contributed by atoms with E-state index in [1.165, 1.54) is 18.2 Å². The molecule has 1 saturated carbocycles. The van der Waals surface area contributed by atoms with Crippen LogP contribution in [0.2, 0.25) is 0 Å². The molecule has 1 aliphatic carbocycles. The molecule has 23 heavy (non-hydrogen) atoms. The van der Waals surface area contributed by atoms with Gasteiger partial charge in [-0.05, 0) is 18.4 Å². The fourth-order valence-corrected chi connectivity index (χ4v) is 3.46. The van der Waals surface area contributed by atoms with Crippen molar-refractivity contribution in [1.82, 2.24) is 10.6 Å². The summed E-state index contributed by atoms with van der Waals surface area (Å²) in [6.07, 6.45) is 4.85. The third kappa shape index (κ3) is 6.62. The molecule has 1 unspecified atom stereocenters. The number of carbonyl (C=O) groups excluding carboxylic acids is 2. The first-order valence-corrected chi connectivity index (χ1v) is 9.21. The molecule has 0 aliphatic heterocycles. The Kier molecular flexibility index (Phi) is 7.42. The van der Waals surface area contributed by atoms with Gasteiger partial charge in [-0.1, -0.05) is 49.6 Å². The van der Waals surface area contributed by atoms with Gasteiger partial charge in [0.15, 0.2) is 0 Å². The highest BCUT2D eigenvalue weighted by Gasteiger charge is 2.17. The van der Waals surface area contributed by atoms with E-state index >= 15 is 0 Å². The van der Waals surface area contributed by atoms with Gasteiger partial charge in [0.2, 0.25) is 5.91 Å². The normalized spacial score (nSPS) is 16.6. The van der Waals surface area contributed by atoms with Crippen molar-refractivity contribution >= 4 is 23.7 Å². The molecular formula is C17H24N2O3S. The Bertz CT molecular complexity index is 504. The number of aliphatic hydroxyl groups excluding tert-OH is 1. The monoisotopic (exact) mass is 336 g/mol. The van der Waals surface area contributed by atoms with Gasteiger partial charge in [-0.3, -0.25) is 10.1 Å². The Morgan fingerprint density at radius 3 is 2.57 bits per heavy atom. The van der Waals surface area contributed by atoms with Gasteiger partial charge in [0.25, 0.3) is 0 Å². The molecule has 1 fully saturated rings. The van der Waals surface area contributed by atoms with Crippen LogP contribution in [0.5, 0.6) is 0 Å². The number of nitrogens with one attached hydrogen (secondary N) is 2. The fraction of sp³-hybridized carbons (Fsp3) is 0.529. The second-order valence-corrected chi connectivity index (χ2v) is 6.83. The molecule has 0 aromatic heterocycles. The van der Waals surface area contributed by atoms with Gasteiger partial charge in [0.05, 0.1) is 11.9 Å².